The Morgan fingerprint density at radius 1 is 1.53 bits per heavy atom. The Hall–Kier alpha value is -0.980. The van der Waals surface area contributed by atoms with Crippen LogP contribution in [0.4, 0.5) is 4.39 Å². The molecule has 0 amide bonds. The van der Waals surface area contributed by atoms with Crippen molar-refractivity contribution < 1.29 is 17.9 Å². The topological polar surface area (TPSA) is 66.4 Å². The number of hydrogen-bond donors (Lipinski definition) is 2. The lowest BCUT2D eigenvalue weighted by Crippen LogP contribution is -2.33. The highest BCUT2D eigenvalue weighted by molar-refractivity contribution is 7.91. The fourth-order valence-corrected chi connectivity index (χ4v) is 3.83. The zero-order chi connectivity index (χ0) is 14.0. The van der Waals surface area contributed by atoms with E-state index in [0.29, 0.717) is 18.5 Å². The van der Waals surface area contributed by atoms with Gasteiger partial charge in [0.25, 0.3) is 0 Å². The molecule has 0 radical (unpaired) electrons. The monoisotopic (exact) mass is 287 g/mol. The number of nitrogens with one attached hydrogen (secondary N) is 1. The molecule has 1 heterocycles. The van der Waals surface area contributed by atoms with Gasteiger partial charge in [-0.15, -0.1) is 0 Å². The molecule has 4 nitrogen and oxygen atoms in total. The van der Waals surface area contributed by atoms with E-state index in [0.717, 1.165) is 0 Å². The van der Waals surface area contributed by atoms with E-state index in [9.17, 15) is 12.8 Å². The van der Waals surface area contributed by atoms with Crippen molar-refractivity contribution in [2.75, 3.05) is 18.9 Å². The second-order valence-corrected chi connectivity index (χ2v) is 7.12. The van der Waals surface area contributed by atoms with Crippen LogP contribution in [0.2, 0.25) is 0 Å². The molecule has 19 heavy (non-hydrogen) atoms. The molecule has 1 aliphatic rings. The smallest absolute Gasteiger partial charge is 0.178 e. The molecule has 0 aromatic heterocycles. The lowest BCUT2D eigenvalue weighted by atomic mass is 10.0. The molecular formula is C13H18FNO3S. The van der Waals surface area contributed by atoms with E-state index in [1.165, 1.54) is 18.2 Å². The van der Waals surface area contributed by atoms with Crippen LogP contribution in [0.15, 0.2) is 23.1 Å². The zero-order valence-electron chi connectivity index (χ0n) is 10.8. The average molecular weight is 287 g/mol. The summed E-state index contributed by atoms with van der Waals surface area (Å²) in [6.07, 6.45) is 0.428. The molecule has 0 fully saturated rings. The van der Waals surface area contributed by atoms with Crippen molar-refractivity contribution in [1.29, 1.82) is 0 Å². The van der Waals surface area contributed by atoms with Gasteiger partial charge >= 0.3 is 0 Å². The fraction of sp³-hybridized carbons (Fsp3) is 0.538. The summed E-state index contributed by atoms with van der Waals surface area (Å²) in [6, 6.07) is 3.62. The van der Waals surface area contributed by atoms with Crippen LogP contribution in [0.3, 0.4) is 0 Å². The van der Waals surface area contributed by atoms with E-state index < -0.39 is 15.7 Å². The number of hydrogen-bond acceptors (Lipinski definition) is 4. The third-order valence-electron chi connectivity index (χ3n) is 3.38. The molecule has 2 atom stereocenters. The van der Waals surface area contributed by atoms with Crippen molar-refractivity contribution in [2.24, 2.45) is 5.92 Å². The van der Waals surface area contributed by atoms with Crippen molar-refractivity contribution in [3.05, 3.63) is 29.6 Å². The predicted octanol–water partition coefficient (Wildman–Crippen LogP) is 1.26. The van der Waals surface area contributed by atoms with Gasteiger partial charge in [0.2, 0.25) is 0 Å². The highest BCUT2D eigenvalue weighted by Crippen LogP contribution is 2.32. The fourth-order valence-electron chi connectivity index (χ4n) is 2.23. The summed E-state index contributed by atoms with van der Waals surface area (Å²) in [6.45, 7) is 2.52. The Labute approximate surface area is 112 Å². The summed E-state index contributed by atoms with van der Waals surface area (Å²) in [5.41, 5.74) is 0.497. The predicted molar refractivity (Wildman–Crippen MR) is 70.1 cm³/mol. The summed E-state index contributed by atoms with van der Waals surface area (Å²) >= 11 is 0. The summed E-state index contributed by atoms with van der Waals surface area (Å²) in [5.74, 6) is -0.287. The van der Waals surface area contributed by atoms with Crippen LogP contribution in [0, 0.1) is 11.7 Å². The van der Waals surface area contributed by atoms with Crippen LogP contribution in [-0.2, 0) is 9.84 Å². The quantitative estimate of drug-likeness (QED) is 0.818. The van der Waals surface area contributed by atoms with Gasteiger partial charge in [-0.2, -0.15) is 0 Å². The van der Waals surface area contributed by atoms with Gasteiger partial charge < -0.3 is 10.4 Å². The maximum atomic E-state index is 13.3. The van der Waals surface area contributed by atoms with Crippen LogP contribution in [0.5, 0.6) is 0 Å². The Morgan fingerprint density at radius 2 is 2.26 bits per heavy atom. The van der Waals surface area contributed by atoms with E-state index in [4.69, 9.17) is 5.11 Å². The first-order chi connectivity index (χ1) is 8.94. The van der Waals surface area contributed by atoms with Crippen LogP contribution in [0.25, 0.3) is 0 Å². The Bertz CT molecular complexity index is 559. The summed E-state index contributed by atoms with van der Waals surface area (Å²) in [7, 11) is -3.29. The molecule has 2 unspecified atom stereocenters. The zero-order valence-corrected chi connectivity index (χ0v) is 11.6. The van der Waals surface area contributed by atoms with Gasteiger partial charge in [0.1, 0.15) is 5.82 Å². The Balaban J connectivity index is 2.27. The molecule has 1 aromatic carbocycles. The number of sulfone groups is 1. The van der Waals surface area contributed by atoms with Gasteiger partial charge in [0.15, 0.2) is 9.84 Å². The van der Waals surface area contributed by atoms with Crippen molar-refractivity contribution in [2.45, 2.75) is 24.3 Å². The Kier molecular flexibility index (Phi) is 4.23. The molecular weight excluding hydrogens is 269 g/mol. The first kappa shape index (κ1) is 14.4. The van der Waals surface area contributed by atoms with Crippen LogP contribution in [-0.4, -0.2) is 32.4 Å². The van der Waals surface area contributed by atoms with Gasteiger partial charge in [-0.05, 0) is 36.1 Å². The first-order valence-electron chi connectivity index (χ1n) is 6.30. The third-order valence-corrected chi connectivity index (χ3v) is 5.20. The van der Waals surface area contributed by atoms with Crippen molar-refractivity contribution in [3.63, 3.8) is 0 Å². The highest BCUT2D eigenvalue weighted by Gasteiger charge is 2.30. The van der Waals surface area contributed by atoms with Gasteiger partial charge in [-0.25, -0.2) is 12.8 Å². The number of rotatable bonds is 4. The third kappa shape index (κ3) is 3.13. The normalized spacial score (nSPS) is 22.8. The first-order valence-corrected chi connectivity index (χ1v) is 7.95. The van der Waals surface area contributed by atoms with E-state index >= 15 is 0 Å². The molecule has 0 saturated carbocycles. The second-order valence-electron chi connectivity index (χ2n) is 5.04. The van der Waals surface area contributed by atoms with Gasteiger partial charge in [-0.1, -0.05) is 6.92 Å². The lowest BCUT2D eigenvalue weighted by Gasteiger charge is -2.27. The van der Waals surface area contributed by atoms with Gasteiger partial charge in [0.05, 0.1) is 10.6 Å². The lowest BCUT2D eigenvalue weighted by molar-refractivity contribution is 0.229. The molecule has 0 aliphatic carbocycles. The minimum atomic E-state index is -3.29. The molecule has 0 spiro atoms. The molecule has 6 heteroatoms. The van der Waals surface area contributed by atoms with Crippen LogP contribution < -0.4 is 5.32 Å². The molecule has 2 rings (SSSR count). The maximum Gasteiger partial charge on any atom is 0.178 e. The van der Waals surface area contributed by atoms with E-state index in [2.05, 4.69) is 5.32 Å². The highest BCUT2D eigenvalue weighted by atomic mass is 32.2. The number of benzene rings is 1. The van der Waals surface area contributed by atoms with Crippen molar-refractivity contribution >= 4 is 9.84 Å². The molecule has 0 bridgehead atoms. The number of halogens is 1. The molecule has 1 aliphatic heterocycles. The van der Waals surface area contributed by atoms with Gasteiger partial charge in [0, 0.05) is 19.2 Å². The molecule has 1 aromatic rings. The minimum absolute atomic E-state index is 0.0635. The average Bonchev–Trinajstić information content (AvgIpc) is 2.37. The molecule has 106 valence electrons. The van der Waals surface area contributed by atoms with E-state index in [1.807, 2.05) is 6.92 Å². The number of fused-ring (bicyclic) bond motifs is 1. The number of aliphatic hydroxyl groups is 1. The molecule has 2 N–H and O–H groups in total. The Morgan fingerprint density at radius 3 is 2.95 bits per heavy atom. The standard InChI is InChI=1S/C13H18FNO3S/c1-9(8-16)7-15-12-4-5-19(17,18)13-3-2-10(14)6-11(12)13/h2-3,6,9,12,15-16H,4-5,7-8H2,1H3. The van der Waals surface area contributed by atoms with Crippen LogP contribution >= 0.6 is 0 Å². The summed E-state index contributed by atoms with van der Waals surface area (Å²) in [5, 5.41) is 12.2. The molecule has 0 saturated heterocycles. The van der Waals surface area contributed by atoms with Crippen molar-refractivity contribution in [3.8, 4) is 0 Å². The van der Waals surface area contributed by atoms with Crippen LogP contribution in [0.1, 0.15) is 24.9 Å². The SMILES string of the molecule is CC(CO)CNC1CCS(=O)(=O)c2ccc(F)cc21. The summed E-state index contributed by atoms with van der Waals surface area (Å²) < 4.78 is 37.2. The number of aliphatic hydroxyl groups excluding tert-OH is 1. The van der Waals surface area contributed by atoms with Gasteiger partial charge in [-0.3, -0.25) is 0 Å². The second kappa shape index (κ2) is 5.56. The maximum absolute atomic E-state index is 13.3. The van der Waals surface area contributed by atoms with Crippen molar-refractivity contribution in [1.82, 2.24) is 5.32 Å². The van der Waals surface area contributed by atoms with E-state index in [1.54, 1.807) is 0 Å². The minimum Gasteiger partial charge on any atom is -0.396 e. The largest absolute Gasteiger partial charge is 0.396 e. The summed E-state index contributed by atoms with van der Waals surface area (Å²) in [4.78, 5) is 0.217. The van der Waals surface area contributed by atoms with E-state index in [-0.39, 0.29) is 29.2 Å².